The molecule has 0 bridgehead atoms. The molecule has 0 N–H and O–H groups in total. The summed E-state index contributed by atoms with van der Waals surface area (Å²) in [5, 5.41) is 2.06. The van der Waals surface area contributed by atoms with Gasteiger partial charge < -0.3 is 4.74 Å². The van der Waals surface area contributed by atoms with Gasteiger partial charge in [0.1, 0.15) is 18.2 Å². The van der Waals surface area contributed by atoms with Gasteiger partial charge in [-0.2, -0.15) is 0 Å². The molecule has 1 aliphatic heterocycles. The van der Waals surface area contributed by atoms with Crippen LogP contribution in [0.4, 0.5) is 4.39 Å². The highest BCUT2D eigenvalue weighted by Gasteiger charge is 2.32. The number of aromatic nitrogens is 1. The van der Waals surface area contributed by atoms with Crippen molar-refractivity contribution in [1.82, 2.24) is 4.57 Å². The fourth-order valence-corrected chi connectivity index (χ4v) is 7.64. The first-order chi connectivity index (χ1) is 22.0. The number of thiazole rings is 1. The van der Waals surface area contributed by atoms with E-state index < -0.39 is 0 Å². The molecule has 0 spiro atoms. The highest BCUT2D eigenvalue weighted by Crippen LogP contribution is 2.41. The minimum atomic E-state index is -0.368. The third-order valence-corrected chi connectivity index (χ3v) is 10.1. The summed E-state index contributed by atoms with van der Waals surface area (Å²) in [6, 6.07) is 34.7. The fraction of sp³-hybridized carbons (Fsp3) is 0.105. The molecule has 220 valence electrons. The molecular weight excluding hydrogens is 647 g/mol. The van der Waals surface area contributed by atoms with Crippen LogP contribution in [-0.2, 0) is 13.0 Å². The highest BCUT2D eigenvalue weighted by atomic mass is 79.9. The second kappa shape index (κ2) is 11.4. The van der Waals surface area contributed by atoms with Crippen LogP contribution in [0.15, 0.2) is 129 Å². The monoisotopic (exact) mass is 672 g/mol. The Bertz CT molecular complexity index is 2320. The first kappa shape index (κ1) is 27.9. The predicted molar refractivity (Wildman–Crippen MR) is 182 cm³/mol. The molecule has 0 saturated carbocycles. The Morgan fingerprint density at radius 1 is 0.911 bits per heavy atom. The minimum absolute atomic E-state index is 0.120. The average molecular weight is 674 g/mol. The number of hydrogen-bond acceptors (Lipinski definition) is 4. The highest BCUT2D eigenvalue weighted by molar-refractivity contribution is 9.10. The van der Waals surface area contributed by atoms with Gasteiger partial charge in [0, 0.05) is 15.6 Å². The van der Waals surface area contributed by atoms with E-state index in [2.05, 4.69) is 46.3 Å². The maximum Gasteiger partial charge on any atom is 0.271 e. The second-order valence-electron chi connectivity index (χ2n) is 11.3. The Labute approximate surface area is 271 Å². The standard InChI is InChI=1S/C38H26BrFN2O2S/c39-27-15-9-23(10-16-27)22-44-33-20-14-24-5-1-3-7-29(24)32(33)21-34-37(43)42-36(26-11-17-28(40)18-12-26)31-19-13-25-6-2-4-8-30(25)35(31)41-38(42)45-34/h1-12,14-18,20-21,36H,13,19,22H2/b34-21-. The van der Waals surface area contributed by atoms with Crippen molar-refractivity contribution in [1.29, 1.82) is 0 Å². The number of fused-ring (bicyclic) bond motifs is 4. The van der Waals surface area contributed by atoms with Gasteiger partial charge in [0.15, 0.2) is 4.80 Å². The molecular formula is C38H26BrFN2O2S. The third-order valence-electron chi connectivity index (χ3n) is 8.57. The van der Waals surface area contributed by atoms with Crippen molar-refractivity contribution in [3.05, 3.63) is 173 Å². The maximum atomic E-state index is 14.4. The van der Waals surface area contributed by atoms with Gasteiger partial charge in [-0.3, -0.25) is 9.36 Å². The van der Waals surface area contributed by atoms with Gasteiger partial charge in [0.25, 0.3) is 5.56 Å². The summed E-state index contributed by atoms with van der Waals surface area (Å²) in [4.78, 5) is 20.1. The number of rotatable bonds is 5. The van der Waals surface area contributed by atoms with E-state index in [0.717, 1.165) is 61.6 Å². The van der Waals surface area contributed by atoms with E-state index in [9.17, 15) is 9.18 Å². The molecule has 2 heterocycles. The molecule has 5 aromatic carbocycles. The SMILES string of the molecule is O=c1/c(=C/c2c(OCc3ccc(Br)cc3)ccc3ccccc23)sc2n1C(c1ccc(F)cc1)C1=C(N=2)c2ccccc2CC1. The van der Waals surface area contributed by atoms with Crippen molar-refractivity contribution in [2.45, 2.75) is 25.5 Å². The summed E-state index contributed by atoms with van der Waals surface area (Å²) in [5.74, 6) is 0.395. The van der Waals surface area contributed by atoms with E-state index in [1.54, 1.807) is 16.7 Å². The lowest BCUT2D eigenvalue weighted by molar-refractivity contribution is 0.306. The van der Waals surface area contributed by atoms with Gasteiger partial charge >= 0.3 is 0 Å². The molecule has 1 unspecified atom stereocenters. The van der Waals surface area contributed by atoms with Crippen molar-refractivity contribution in [2.24, 2.45) is 4.99 Å². The predicted octanol–water partition coefficient (Wildman–Crippen LogP) is 7.95. The molecule has 7 heteroatoms. The van der Waals surface area contributed by atoms with Crippen molar-refractivity contribution in [3.8, 4) is 5.75 Å². The summed E-state index contributed by atoms with van der Waals surface area (Å²) in [6.07, 6.45) is 3.59. The largest absolute Gasteiger partial charge is 0.488 e. The van der Waals surface area contributed by atoms with Gasteiger partial charge in [0.2, 0.25) is 0 Å². The van der Waals surface area contributed by atoms with Gasteiger partial charge in [-0.25, -0.2) is 9.38 Å². The molecule has 6 aromatic rings. The van der Waals surface area contributed by atoms with E-state index in [1.165, 1.54) is 29.0 Å². The molecule has 8 rings (SSSR count). The normalized spacial score (nSPS) is 15.8. The molecule has 0 fully saturated rings. The van der Waals surface area contributed by atoms with Crippen LogP contribution < -0.4 is 19.6 Å². The Kier molecular flexibility index (Phi) is 7.07. The Balaban J connectivity index is 1.32. The summed E-state index contributed by atoms with van der Waals surface area (Å²) in [5.41, 5.74) is 7.00. The summed E-state index contributed by atoms with van der Waals surface area (Å²) in [7, 11) is 0. The second-order valence-corrected chi connectivity index (χ2v) is 13.2. The van der Waals surface area contributed by atoms with Crippen LogP contribution in [-0.4, -0.2) is 4.57 Å². The number of halogens is 2. The maximum absolute atomic E-state index is 14.4. The molecule has 1 atom stereocenters. The quantitative estimate of drug-likeness (QED) is 0.187. The molecule has 0 amide bonds. The molecule has 2 aliphatic rings. The lowest BCUT2D eigenvalue weighted by Gasteiger charge is -2.30. The van der Waals surface area contributed by atoms with Crippen LogP contribution >= 0.6 is 27.3 Å². The third kappa shape index (κ3) is 5.06. The Hall–Kier alpha value is -4.59. The van der Waals surface area contributed by atoms with Crippen LogP contribution in [0.1, 0.15) is 40.3 Å². The zero-order valence-electron chi connectivity index (χ0n) is 24.0. The van der Waals surface area contributed by atoms with Crippen LogP contribution in [0.2, 0.25) is 0 Å². The van der Waals surface area contributed by atoms with Gasteiger partial charge in [-0.15, -0.1) is 0 Å². The topological polar surface area (TPSA) is 43.6 Å². The molecule has 4 nitrogen and oxygen atoms in total. The van der Waals surface area contributed by atoms with Gasteiger partial charge in [-0.05, 0) is 82.3 Å². The summed E-state index contributed by atoms with van der Waals surface area (Å²) < 4.78 is 23.8. The Morgan fingerprint density at radius 2 is 1.69 bits per heavy atom. The van der Waals surface area contributed by atoms with Crippen LogP contribution in [0.5, 0.6) is 5.75 Å². The number of nitrogens with zero attached hydrogens (tertiary/aromatic N) is 2. The number of aryl methyl sites for hydroxylation is 1. The molecule has 1 aliphatic carbocycles. The number of hydrogen-bond donors (Lipinski definition) is 0. The lowest BCUT2D eigenvalue weighted by atomic mass is 9.83. The lowest BCUT2D eigenvalue weighted by Crippen LogP contribution is -2.38. The Morgan fingerprint density at radius 3 is 2.53 bits per heavy atom. The van der Waals surface area contributed by atoms with Gasteiger partial charge in [0.05, 0.1) is 16.3 Å². The molecule has 45 heavy (non-hydrogen) atoms. The fourth-order valence-electron chi connectivity index (χ4n) is 6.39. The van der Waals surface area contributed by atoms with Crippen molar-refractivity contribution >= 4 is 49.8 Å². The van der Waals surface area contributed by atoms with E-state index in [0.29, 0.717) is 21.7 Å². The first-order valence-corrected chi connectivity index (χ1v) is 16.4. The van der Waals surface area contributed by atoms with E-state index >= 15 is 0 Å². The van der Waals surface area contributed by atoms with E-state index in [-0.39, 0.29) is 17.4 Å². The number of ether oxygens (including phenoxy) is 1. The van der Waals surface area contributed by atoms with E-state index in [1.807, 2.05) is 60.7 Å². The van der Waals surface area contributed by atoms with Crippen LogP contribution in [0.25, 0.3) is 22.5 Å². The smallest absolute Gasteiger partial charge is 0.271 e. The van der Waals surface area contributed by atoms with Crippen molar-refractivity contribution in [3.63, 3.8) is 0 Å². The number of benzene rings is 5. The van der Waals surface area contributed by atoms with Crippen molar-refractivity contribution in [2.75, 3.05) is 0 Å². The molecule has 1 aromatic heterocycles. The van der Waals surface area contributed by atoms with Crippen molar-refractivity contribution < 1.29 is 9.13 Å². The zero-order valence-corrected chi connectivity index (χ0v) is 26.4. The molecule has 0 saturated heterocycles. The van der Waals surface area contributed by atoms with Crippen LogP contribution in [0.3, 0.4) is 0 Å². The number of allylic oxidation sites excluding steroid dienone is 1. The van der Waals surface area contributed by atoms with Crippen LogP contribution in [0, 0.1) is 5.82 Å². The van der Waals surface area contributed by atoms with E-state index in [4.69, 9.17) is 9.73 Å². The first-order valence-electron chi connectivity index (χ1n) is 14.8. The zero-order chi connectivity index (χ0) is 30.5. The molecule has 0 radical (unpaired) electrons. The summed E-state index contributed by atoms with van der Waals surface area (Å²) in [6.45, 7) is 0.393. The van der Waals surface area contributed by atoms with Gasteiger partial charge in [-0.1, -0.05) is 106 Å². The summed E-state index contributed by atoms with van der Waals surface area (Å²) >= 11 is 4.88. The average Bonchev–Trinajstić information content (AvgIpc) is 3.38. The minimum Gasteiger partial charge on any atom is -0.488 e.